The minimum atomic E-state index is -1.30. The van der Waals surface area contributed by atoms with Crippen LogP contribution in [0.3, 0.4) is 0 Å². The largest absolute Gasteiger partial charge is 0.399 e. The molecule has 0 aliphatic carbocycles. The van der Waals surface area contributed by atoms with Crippen molar-refractivity contribution in [2.75, 3.05) is 10.0 Å². The average molecular weight is 238 g/mol. The molecule has 1 aliphatic heterocycles. The monoisotopic (exact) mass is 238 g/mol. The van der Waals surface area contributed by atoms with E-state index in [1.807, 2.05) is 0 Å². The zero-order valence-corrected chi connectivity index (χ0v) is 9.99. The predicted octanol–water partition coefficient (Wildman–Crippen LogP) is 1.36. The Morgan fingerprint density at radius 2 is 1.88 bits per heavy atom. The van der Waals surface area contributed by atoms with Gasteiger partial charge in [-0.3, -0.25) is 4.31 Å². The smallest absolute Gasteiger partial charge is 0.162 e. The van der Waals surface area contributed by atoms with E-state index in [-0.39, 0.29) is 0 Å². The molecule has 1 aromatic rings. The highest BCUT2D eigenvalue weighted by atomic mass is 32.2. The van der Waals surface area contributed by atoms with E-state index < -0.39 is 17.2 Å². The SMILES string of the molecule is CC1=C(C)S(=O)N(c2ccc(N)cc2)[C@@H]1O. The van der Waals surface area contributed by atoms with Crippen LogP contribution < -0.4 is 10.0 Å². The minimum absolute atomic E-state index is 0.643. The standard InChI is InChI=1S/C11H14N2O2S/c1-7-8(2)16(15)13(11(7)14)10-5-3-9(12)4-6-10/h3-6,11,14H,12H2,1-2H3/t11-,16?/m1/s1. The molecule has 5 heteroatoms. The summed E-state index contributed by atoms with van der Waals surface area (Å²) < 4.78 is 13.5. The zero-order chi connectivity index (χ0) is 11.9. The maximum absolute atomic E-state index is 12.0. The van der Waals surface area contributed by atoms with Crippen molar-refractivity contribution in [2.45, 2.75) is 20.1 Å². The van der Waals surface area contributed by atoms with Gasteiger partial charge >= 0.3 is 0 Å². The summed E-state index contributed by atoms with van der Waals surface area (Å²) in [5, 5.41) is 9.96. The van der Waals surface area contributed by atoms with Gasteiger partial charge in [0.2, 0.25) is 0 Å². The van der Waals surface area contributed by atoms with Crippen LogP contribution in [0.25, 0.3) is 0 Å². The Morgan fingerprint density at radius 1 is 1.31 bits per heavy atom. The van der Waals surface area contributed by atoms with Crippen molar-refractivity contribution in [3.63, 3.8) is 0 Å². The predicted molar refractivity (Wildman–Crippen MR) is 65.9 cm³/mol. The number of anilines is 2. The number of nitrogens with two attached hydrogens (primary N) is 1. The van der Waals surface area contributed by atoms with Crippen molar-refractivity contribution < 1.29 is 9.32 Å². The zero-order valence-electron chi connectivity index (χ0n) is 9.18. The van der Waals surface area contributed by atoms with Crippen LogP contribution in [0, 0.1) is 0 Å². The van der Waals surface area contributed by atoms with E-state index in [1.54, 1.807) is 38.1 Å². The quantitative estimate of drug-likeness (QED) is 0.726. The Labute approximate surface area is 97.0 Å². The van der Waals surface area contributed by atoms with Crippen molar-refractivity contribution in [3.05, 3.63) is 34.7 Å². The highest BCUT2D eigenvalue weighted by Crippen LogP contribution is 2.32. The number of hydrogen-bond acceptors (Lipinski definition) is 3. The Morgan fingerprint density at radius 3 is 2.31 bits per heavy atom. The summed E-state index contributed by atoms with van der Waals surface area (Å²) in [5.41, 5.74) is 7.68. The molecule has 1 unspecified atom stereocenters. The molecular weight excluding hydrogens is 224 g/mol. The van der Waals surface area contributed by atoms with Crippen LogP contribution in [-0.2, 0) is 11.0 Å². The fourth-order valence-corrected chi connectivity index (χ4v) is 2.92. The second-order valence-electron chi connectivity index (χ2n) is 3.78. The van der Waals surface area contributed by atoms with Crippen molar-refractivity contribution in [1.82, 2.24) is 0 Å². The van der Waals surface area contributed by atoms with Gasteiger partial charge in [-0.05, 0) is 43.7 Å². The molecule has 0 amide bonds. The maximum Gasteiger partial charge on any atom is 0.162 e. The van der Waals surface area contributed by atoms with Gasteiger partial charge in [0.15, 0.2) is 17.2 Å². The molecule has 1 heterocycles. The highest BCUT2D eigenvalue weighted by Gasteiger charge is 2.33. The molecule has 0 spiro atoms. The molecule has 1 aromatic carbocycles. The normalized spacial score (nSPS) is 25.3. The van der Waals surface area contributed by atoms with Crippen molar-refractivity contribution in [3.8, 4) is 0 Å². The van der Waals surface area contributed by atoms with Gasteiger partial charge in [0, 0.05) is 10.6 Å². The second kappa shape index (κ2) is 3.92. The molecule has 2 rings (SSSR count). The number of aliphatic hydroxyl groups is 1. The lowest BCUT2D eigenvalue weighted by atomic mass is 10.2. The maximum atomic E-state index is 12.0. The Kier molecular flexibility index (Phi) is 2.73. The summed E-state index contributed by atoms with van der Waals surface area (Å²) in [4.78, 5) is 0.712. The molecular formula is C11H14N2O2S. The Balaban J connectivity index is 2.38. The van der Waals surface area contributed by atoms with Gasteiger partial charge in [0.25, 0.3) is 0 Å². The topological polar surface area (TPSA) is 66.6 Å². The number of benzene rings is 1. The summed E-state index contributed by atoms with van der Waals surface area (Å²) in [5.74, 6) is 0. The third kappa shape index (κ3) is 1.62. The lowest BCUT2D eigenvalue weighted by molar-refractivity contribution is 0.227. The van der Waals surface area contributed by atoms with Crippen LogP contribution in [0.5, 0.6) is 0 Å². The fraction of sp³-hybridized carbons (Fsp3) is 0.273. The van der Waals surface area contributed by atoms with Crippen molar-refractivity contribution >= 4 is 22.4 Å². The van der Waals surface area contributed by atoms with Gasteiger partial charge in [-0.1, -0.05) is 0 Å². The number of allylic oxidation sites excluding steroid dienone is 1. The first-order valence-electron chi connectivity index (χ1n) is 4.94. The number of nitrogen functional groups attached to an aromatic ring is 1. The molecule has 4 nitrogen and oxygen atoms in total. The lowest BCUT2D eigenvalue weighted by Crippen LogP contribution is -2.31. The molecule has 16 heavy (non-hydrogen) atoms. The highest BCUT2D eigenvalue weighted by molar-refractivity contribution is 7.90. The van der Waals surface area contributed by atoms with Crippen LogP contribution in [0.1, 0.15) is 13.8 Å². The van der Waals surface area contributed by atoms with Crippen LogP contribution in [0.15, 0.2) is 34.7 Å². The van der Waals surface area contributed by atoms with Gasteiger partial charge in [0.1, 0.15) is 0 Å². The average Bonchev–Trinajstić information content (AvgIpc) is 2.46. The molecule has 0 fully saturated rings. The van der Waals surface area contributed by atoms with Gasteiger partial charge < -0.3 is 10.8 Å². The van der Waals surface area contributed by atoms with Gasteiger partial charge in [0.05, 0.1) is 5.69 Å². The third-order valence-electron chi connectivity index (χ3n) is 2.75. The number of nitrogens with zero attached hydrogens (tertiary/aromatic N) is 1. The van der Waals surface area contributed by atoms with E-state index >= 15 is 0 Å². The Bertz CT molecular complexity index is 467. The molecule has 2 atom stereocenters. The molecule has 0 saturated carbocycles. The molecule has 0 radical (unpaired) electrons. The molecule has 86 valence electrons. The summed E-state index contributed by atoms with van der Waals surface area (Å²) >= 11 is 0. The van der Waals surface area contributed by atoms with Gasteiger partial charge in [-0.2, -0.15) is 0 Å². The number of hydrogen-bond donors (Lipinski definition) is 2. The van der Waals surface area contributed by atoms with Crippen molar-refractivity contribution in [2.24, 2.45) is 0 Å². The molecule has 1 aliphatic rings. The first-order valence-corrected chi connectivity index (χ1v) is 6.05. The second-order valence-corrected chi connectivity index (χ2v) is 5.28. The van der Waals surface area contributed by atoms with E-state index in [1.165, 1.54) is 4.31 Å². The van der Waals surface area contributed by atoms with Crippen molar-refractivity contribution in [1.29, 1.82) is 0 Å². The summed E-state index contributed by atoms with van der Waals surface area (Å²) in [6.07, 6.45) is -0.815. The molecule has 0 aromatic heterocycles. The summed E-state index contributed by atoms with van der Waals surface area (Å²) in [6.45, 7) is 3.56. The fourth-order valence-electron chi connectivity index (χ4n) is 1.59. The first kappa shape index (κ1) is 11.2. The number of aliphatic hydroxyl groups excluding tert-OH is 1. The Hall–Kier alpha value is -1.33. The van der Waals surface area contributed by atoms with Gasteiger partial charge in [-0.15, -0.1) is 0 Å². The van der Waals surface area contributed by atoms with Crippen LogP contribution in [-0.4, -0.2) is 15.5 Å². The summed E-state index contributed by atoms with van der Waals surface area (Å²) in [6, 6.07) is 6.95. The van der Waals surface area contributed by atoms with E-state index in [0.29, 0.717) is 16.3 Å². The van der Waals surface area contributed by atoms with Crippen LogP contribution in [0.2, 0.25) is 0 Å². The minimum Gasteiger partial charge on any atom is -0.399 e. The summed E-state index contributed by atoms with van der Waals surface area (Å²) in [7, 11) is -1.30. The number of rotatable bonds is 1. The van der Waals surface area contributed by atoms with Gasteiger partial charge in [-0.25, -0.2) is 4.21 Å². The van der Waals surface area contributed by atoms with E-state index in [9.17, 15) is 9.32 Å². The first-order chi connectivity index (χ1) is 7.52. The van der Waals surface area contributed by atoms with E-state index in [2.05, 4.69) is 0 Å². The van der Waals surface area contributed by atoms with Crippen LogP contribution >= 0.6 is 0 Å². The van der Waals surface area contributed by atoms with Crippen LogP contribution in [0.4, 0.5) is 11.4 Å². The van der Waals surface area contributed by atoms with E-state index in [0.717, 1.165) is 5.57 Å². The third-order valence-corrected chi connectivity index (χ3v) is 4.37. The molecule has 0 bridgehead atoms. The molecule has 0 saturated heterocycles. The molecule has 3 N–H and O–H groups in total. The van der Waals surface area contributed by atoms with E-state index in [4.69, 9.17) is 5.73 Å². The lowest BCUT2D eigenvalue weighted by Gasteiger charge is -2.22.